The summed E-state index contributed by atoms with van der Waals surface area (Å²) in [5, 5.41) is 0. The predicted molar refractivity (Wildman–Crippen MR) is 65.7 cm³/mol. The minimum atomic E-state index is -0.0414. The zero-order chi connectivity index (χ0) is 12.7. The van der Waals surface area contributed by atoms with Crippen LogP contribution in [0.5, 0.6) is 0 Å². The van der Waals surface area contributed by atoms with Gasteiger partial charge in [0.1, 0.15) is 12.0 Å². The third-order valence-corrected chi connectivity index (χ3v) is 4.00. The predicted octanol–water partition coefficient (Wildman–Crippen LogP) is 2.42. The zero-order valence-corrected chi connectivity index (χ0v) is 10.6. The number of fused-ring (bicyclic) bond motifs is 1. The first-order valence-corrected chi connectivity index (χ1v) is 6.63. The van der Waals surface area contributed by atoms with Crippen LogP contribution in [0.15, 0.2) is 10.7 Å². The number of carbonyl (C=O) groups is 2. The molecule has 1 aromatic rings. The SMILES string of the molecule is CC1CCCN1C(=O)c1coc2c1C(=O)CCC2. The number of amides is 1. The molecular formula is C14H17NO3. The van der Waals surface area contributed by atoms with E-state index in [2.05, 4.69) is 6.92 Å². The van der Waals surface area contributed by atoms with Crippen LogP contribution in [-0.2, 0) is 6.42 Å². The largest absolute Gasteiger partial charge is 0.468 e. The van der Waals surface area contributed by atoms with Gasteiger partial charge in [0.05, 0.1) is 11.1 Å². The minimum absolute atomic E-state index is 0.0414. The average molecular weight is 247 g/mol. The second kappa shape index (κ2) is 4.26. The highest BCUT2D eigenvalue weighted by atomic mass is 16.3. The van der Waals surface area contributed by atoms with Gasteiger partial charge in [-0.2, -0.15) is 0 Å². The Labute approximate surface area is 106 Å². The Kier molecular flexibility index (Phi) is 2.73. The lowest BCUT2D eigenvalue weighted by Crippen LogP contribution is -2.34. The fraction of sp³-hybridized carbons (Fsp3) is 0.571. The first-order chi connectivity index (χ1) is 8.68. The molecule has 1 unspecified atom stereocenters. The molecule has 3 rings (SSSR count). The Bertz CT molecular complexity index is 503. The maximum Gasteiger partial charge on any atom is 0.258 e. The van der Waals surface area contributed by atoms with Crippen LogP contribution in [0, 0.1) is 0 Å². The molecule has 18 heavy (non-hydrogen) atoms. The average Bonchev–Trinajstić information content (AvgIpc) is 2.95. The Balaban J connectivity index is 1.95. The number of furan rings is 1. The molecule has 0 aromatic carbocycles. The first-order valence-electron chi connectivity index (χ1n) is 6.63. The zero-order valence-electron chi connectivity index (χ0n) is 10.6. The van der Waals surface area contributed by atoms with Gasteiger partial charge in [0, 0.05) is 25.4 Å². The number of carbonyl (C=O) groups excluding carboxylic acids is 2. The van der Waals surface area contributed by atoms with Gasteiger partial charge in [-0.3, -0.25) is 9.59 Å². The molecule has 0 bridgehead atoms. The number of nitrogens with zero attached hydrogens (tertiary/aromatic N) is 1. The summed E-state index contributed by atoms with van der Waals surface area (Å²) in [6.07, 6.45) is 5.68. The summed E-state index contributed by atoms with van der Waals surface area (Å²) in [5.74, 6) is 0.710. The van der Waals surface area contributed by atoms with Crippen LogP contribution in [0.2, 0.25) is 0 Å². The Morgan fingerprint density at radius 1 is 1.39 bits per heavy atom. The van der Waals surface area contributed by atoms with E-state index in [9.17, 15) is 9.59 Å². The van der Waals surface area contributed by atoms with Crippen molar-refractivity contribution in [2.24, 2.45) is 0 Å². The second-order valence-corrected chi connectivity index (χ2v) is 5.21. The molecule has 2 heterocycles. The van der Waals surface area contributed by atoms with Crippen molar-refractivity contribution in [3.8, 4) is 0 Å². The molecule has 1 aliphatic carbocycles. The molecule has 4 heteroatoms. The molecule has 0 N–H and O–H groups in total. The maximum atomic E-state index is 12.4. The summed E-state index contributed by atoms with van der Waals surface area (Å²) < 4.78 is 5.41. The summed E-state index contributed by atoms with van der Waals surface area (Å²) in [4.78, 5) is 26.2. The van der Waals surface area contributed by atoms with E-state index in [4.69, 9.17) is 4.42 Å². The lowest BCUT2D eigenvalue weighted by atomic mass is 9.93. The molecule has 1 aromatic heterocycles. The molecule has 1 saturated heterocycles. The van der Waals surface area contributed by atoms with Crippen molar-refractivity contribution in [3.05, 3.63) is 23.2 Å². The van der Waals surface area contributed by atoms with E-state index in [0.29, 0.717) is 23.3 Å². The van der Waals surface area contributed by atoms with Gasteiger partial charge in [0.15, 0.2) is 5.78 Å². The summed E-state index contributed by atoms with van der Waals surface area (Å²) in [6.45, 7) is 2.84. The van der Waals surface area contributed by atoms with Crippen molar-refractivity contribution >= 4 is 11.7 Å². The molecule has 4 nitrogen and oxygen atoms in total. The van der Waals surface area contributed by atoms with Crippen LogP contribution < -0.4 is 0 Å². The van der Waals surface area contributed by atoms with Crippen molar-refractivity contribution in [1.29, 1.82) is 0 Å². The first kappa shape index (κ1) is 11.5. The number of likely N-dealkylation sites (tertiary alicyclic amines) is 1. The number of ketones is 1. The Hall–Kier alpha value is -1.58. The molecule has 1 atom stereocenters. The minimum Gasteiger partial charge on any atom is -0.468 e. The quantitative estimate of drug-likeness (QED) is 0.765. The van der Waals surface area contributed by atoms with E-state index in [1.165, 1.54) is 6.26 Å². The summed E-state index contributed by atoms with van der Waals surface area (Å²) in [7, 11) is 0. The van der Waals surface area contributed by atoms with Gasteiger partial charge < -0.3 is 9.32 Å². The third kappa shape index (κ3) is 1.67. The number of aryl methyl sites for hydroxylation is 1. The van der Waals surface area contributed by atoms with Gasteiger partial charge in [-0.05, 0) is 26.2 Å². The molecular weight excluding hydrogens is 230 g/mol. The molecule has 96 valence electrons. The van der Waals surface area contributed by atoms with Gasteiger partial charge in [0.2, 0.25) is 0 Å². The van der Waals surface area contributed by atoms with Crippen molar-refractivity contribution in [2.45, 2.75) is 45.1 Å². The van der Waals surface area contributed by atoms with E-state index in [1.54, 1.807) is 0 Å². The molecule has 1 aliphatic heterocycles. The molecule has 0 saturated carbocycles. The van der Waals surface area contributed by atoms with Gasteiger partial charge in [0.25, 0.3) is 5.91 Å². The fourth-order valence-corrected chi connectivity index (χ4v) is 2.97. The highest BCUT2D eigenvalue weighted by Gasteiger charge is 2.33. The fourth-order valence-electron chi connectivity index (χ4n) is 2.97. The molecule has 0 spiro atoms. The van der Waals surface area contributed by atoms with Crippen LogP contribution in [0.3, 0.4) is 0 Å². The number of Topliss-reactive ketones (excluding diaryl/α,β-unsaturated/α-hetero) is 1. The Morgan fingerprint density at radius 2 is 2.22 bits per heavy atom. The van der Waals surface area contributed by atoms with E-state index in [0.717, 1.165) is 32.2 Å². The highest BCUT2D eigenvalue weighted by molar-refractivity contribution is 6.09. The molecule has 1 amide bonds. The molecule has 1 fully saturated rings. The number of hydrogen-bond acceptors (Lipinski definition) is 3. The smallest absolute Gasteiger partial charge is 0.258 e. The highest BCUT2D eigenvalue weighted by Crippen LogP contribution is 2.29. The second-order valence-electron chi connectivity index (χ2n) is 5.21. The molecule has 2 aliphatic rings. The van der Waals surface area contributed by atoms with Gasteiger partial charge in [-0.15, -0.1) is 0 Å². The molecule has 0 radical (unpaired) electrons. The van der Waals surface area contributed by atoms with Crippen LogP contribution in [0.25, 0.3) is 0 Å². The van der Waals surface area contributed by atoms with E-state index < -0.39 is 0 Å². The van der Waals surface area contributed by atoms with E-state index >= 15 is 0 Å². The standard InChI is InChI=1S/C14H17NO3/c1-9-4-3-7-15(9)14(17)10-8-18-12-6-2-5-11(16)13(10)12/h8-9H,2-7H2,1H3. The van der Waals surface area contributed by atoms with Crippen molar-refractivity contribution in [2.75, 3.05) is 6.54 Å². The third-order valence-electron chi connectivity index (χ3n) is 4.00. The van der Waals surface area contributed by atoms with Crippen molar-refractivity contribution in [1.82, 2.24) is 4.90 Å². The van der Waals surface area contributed by atoms with E-state index in [-0.39, 0.29) is 17.7 Å². The summed E-state index contributed by atoms with van der Waals surface area (Å²) in [6, 6.07) is 0.266. The van der Waals surface area contributed by atoms with Gasteiger partial charge in [-0.1, -0.05) is 0 Å². The maximum absolute atomic E-state index is 12.4. The lowest BCUT2D eigenvalue weighted by molar-refractivity contribution is 0.0741. The normalized spacial score (nSPS) is 23.3. The van der Waals surface area contributed by atoms with Crippen molar-refractivity contribution in [3.63, 3.8) is 0 Å². The summed E-state index contributed by atoms with van der Waals surface area (Å²) >= 11 is 0. The summed E-state index contributed by atoms with van der Waals surface area (Å²) in [5.41, 5.74) is 1.02. The van der Waals surface area contributed by atoms with Crippen LogP contribution in [0.4, 0.5) is 0 Å². The monoisotopic (exact) mass is 247 g/mol. The number of rotatable bonds is 1. The topological polar surface area (TPSA) is 50.5 Å². The lowest BCUT2D eigenvalue weighted by Gasteiger charge is -2.21. The van der Waals surface area contributed by atoms with Gasteiger partial charge >= 0.3 is 0 Å². The van der Waals surface area contributed by atoms with Gasteiger partial charge in [-0.25, -0.2) is 0 Å². The van der Waals surface area contributed by atoms with Crippen molar-refractivity contribution < 1.29 is 14.0 Å². The Morgan fingerprint density at radius 3 is 2.94 bits per heavy atom. The van der Waals surface area contributed by atoms with Crippen LogP contribution in [0.1, 0.15) is 59.1 Å². The number of hydrogen-bond donors (Lipinski definition) is 0. The van der Waals surface area contributed by atoms with E-state index in [1.807, 2.05) is 4.90 Å². The van der Waals surface area contributed by atoms with Crippen LogP contribution in [-0.4, -0.2) is 29.2 Å². The van der Waals surface area contributed by atoms with Crippen LogP contribution >= 0.6 is 0 Å².